The summed E-state index contributed by atoms with van der Waals surface area (Å²) in [6, 6.07) is 13.6. The number of aromatic hydroxyl groups is 1. The van der Waals surface area contributed by atoms with E-state index in [-0.39, 0.29) is 5.75 Å². The zero-order valence-corrected chi connectivity index (χ0v) is 16.2. The molecular weight excluding hydrogens is 356 g/mol. The van der Waals surface area contributed by atoms with Gasteiger partial charge in [0.05, 0.1) is 6.21 Å². The van der Waals surface area contributed by atoms with Gasteiger partial charge in [0.15, 0.2) is 0 Å². The summed E-state index contributed by atoms with van der Waals surface area (Å²) >= 11 is 0. The smallest absolute Gasteiger partial charge is 0.346 e. The maximum atomic E-state index is 12.8. The molecule has 1 atom stereocenters. The number of hydrogen-bond acceptors (Lipinski definition) is 5. The Morgan fingerprint density at radius 1 is 1.14 bits per heavy atom. The van der Waals surface area contributed by atoms with Crippen molar-refractivity contribution in [2.75, 3.05) is 18.0 Å². The van der Waals surface area contributed by atoms with Gasteiger partial charge in [-0.1, -0.05) is 30.3 Å². The van der Waals surface area contributed by atoms with Crippen molar-refractivity contribution in [3.8, 4) is 5.75 Å². The monoisotopic (exact) mass is 380 g/mol. The Morgan fingerprint density at radius 3 is 2.43 bits per heavy atom. The van der Waals surface area contributed by atoms with Crippen LogP contribution in [0.4, 0.5) is 10.5 Å². The van der Waals surface area contributed by atoms with Crippen LogP contribution in [-0.4, -0.2) is 41.4 Å². The van der Waals surface area contributed by atoms with Crippen LogP contribution >= 0.6 is 0 Å². The van der Waals surface area contributed by atoms with Crippen molar-refractivity contribution >= 4 is 23.8 Å². The van der Waals surface area contributed by atoms with E-state index in [4.69, 9.17) is 0 Å². The Bertz CT molecular complexity index is 909. The largest absolute Gasteiger partial charge is 0.507 e. The Kier molecular flexibility index (Phi) is 5.35. The van der Waals surface area contributed by atoms with Crippen LogP contribution in [0.15, 0.2) is 53.6 Å². The highest BCUT2D eigenvalue weighted by Gasteiger charge is 2.49. The van der Waals surface area contributed by atoms with Crippen LogP contribution in [0.25, 0.3) is 0 Å². The Labute approximate surface area is 164 Å². The van der Waals surface area contributed by atoms with Crippen LogP contribution in [0.3, 0.4) is 0 Å². The molecule has 2 aromatic rings. The number of nitrogens with zero attached hydrogens (tertiary/aromatic N) is 3. The van der Waals surface area contributed by atoms with Crippen molar-refractivity contribution in [1.29, 1.82) is 0 Å². The minimum atomic E-state index is -1.18. The Hall–Kier alpha value is -3.35. The third kappa shape index (κ3) is 3.43. The molecule has 1 aliphatic rings. The van der Waals surface area contributed by atoms with Gasteiger partial charge in [-0.05, 0) is 38.5 Å². The fourth-order valence-corrected chi connectivity index (χ4v) is 3.24. The van der Waals surface area contributed by atoms with Gasteiger partial charge in [0, 0.05) is 30.4 Å². The van der Waals surface area contributed by atoms with Crippen LogP contribution in [0, 0.1) is 0 Å². The van der Waals surface area contributed by atoms with E-state index in [1.807, 2.05) is 26.0 Å². The maximum absolute atomic E-state index is 12.8. The number of rotatable bonds is 6. The van der Waals surface area contributed by atoms with Crippen molar-refractivity contribution in [2.24, 2.45) is 5.10 Å². The molecule has 7 heteroatoms. The molecule has 3 amide bonds. The van der Waals surface area contributed by atoms with E-state index < -0.39 is 17.5 Å². The molecule has 1 fully saturated rings. The van der Waals surface area contributed by atoms with Crippen LogP contribution in [0.1, 0.15) is 31.9 Å². The van der Waals surface area contributed by atoms with E-state index in [1.165, 1.54) is 6.21 Å². The Balaban J connectivity index is 1.83. The lowest BCUT2D eigenvalue weighted by atomic mass is 9.92. The molecule has 1 saturated heterocycles. The van der Waals surface area contributed by atoms with Crippen molar-refractivity contribution < 1.29 is 14.7 Å². The number of urea groups is 1. The van der Waals surface area contributed by atoms with E-state index in [9.17, 15) is 14.7 Å². The molecule has 0 aliphatic carbocycles. The number of nitrogens with one attached hydrogen (secondary N) is 1. The van der Waals surface area contributed by atoms with Gasteiger partial charge in [0.1, 0.15) is 11.3 Å². The lowest BCUT2D eigenvalue weighted by Crippen LogP contribution is -2.40. The summed E-state index contributed by atoms with van der Waals surface area (Å²) in [5.74, 6) is -0.440. The lowest BCUT2D eigenvalue weighted by molar-refractivity contribution is -0.131. The van der Waals surface area contributed by atoms with E-state index in [0.29, 0.717) is 11.1 Å². The second-order valence-corrected chi connectivity index (χ2v) is 6.70. The topological polar surface area (TPSA) is 85.2 Å². The summed E-state index contributed by atoms with van der Waals surface area (Å²) in [5.41, 5.74) is 0.818. The molecule has 1 heterocycles. The average Bonchev–Trinajstić information content (AvgIpc) is 2.92. The first kappa shape index (κ1) is 19.4. The maximum Gasteiger partial charge on any atom is 0.346 e. The number of hydrazone groups is 1. The number of hydrogen-bond donors (Lipinski definition) is 2. The van der Waals surface area contributed by atoms with Crippen molar-refractivity contribution in [2.45, 2.75) is 26.3 Å². The van der Waals surface area contributed by atoms with E-state index >= 15 is 0 Å². The molecule has 0 bridgehead atoms. The highest BCUT2D eigenvalue weighted by molar-refractivity contribution is 6.07. The second kappa shape index (κ2) is 7.72. The molecule has 2 N–H and O–H groups in total. The zero-order chi connectivity index (χ0) is 20.3. The predicted octanol–water partition coefficient (Wildman–Crippen LogP) is 3.04. The van der Waals surface area contributed by atoms with Crippen LogP contribution < -0.4 is 10.2 Å². The molecule has 1 aliphatic heterocycles. The van der Waals surface area contributed by atoms with Gasteiger partial charge in [-0.25, -0.2) is 4.79 Å². The second-order valence-electron chi connectivity index (χ2n) is 6.70. The molecular formula is C21H24N4O3. The number of phenols is 1. The summed E-state index contributed by atoms with van der Waals surface area (Å²) in [7, 11) is 0. The fraction of sp³-hybridized carbons (Fsp3) is 0.286. The summed E-state index contributed by atoms with van der Waals surface area (Å²) in [4.78, 5) is 27.2. The van der Waals surface area contributed by atoms with E-state index in [0.717, 1.165) is 23.8 Å². The highest BCUT2D eigenvalue weighted by Crippen LogP contribution is 2.29. The Morgan fingerprint density at radius 2 is 1.82 bits per heavy atom. The van der Waals surface area contributed by atoms with Crippen molar-refractivity contribution in [3.05, 3.63) is 59.7 Å². The minimum absolute atomic E-state index is 0.0334. The van der Waals surface area contributed by atoms with Gasteiger partial charge in [-0.15, -0.1) is 5.01 Å². The first-order chi connectivity index (χ1) is 13.4. The number of carbonyl (C=O) groups excluding carboxylic acids is 2. The van der Waals surface area contributed by atoms with E-state index in [2.05, 4.69) is 15.3 Å². The number of benzene rings is 2. The quantitative estimate of drug-likeness (QED) is 0.596. The number of imide groups is 1. The molecule has 28 heavy (non-hydrogen) atoms. The van der Waals surface area contributed by atoms with Crippen LogP contribution in [-0.2, 0) is 10.3 Å². The molecule has 0 aromatic heterocycles. The van der Waals surface area contributed by atoms with Gasteiger partial charge < -0.3 is 15.3 Å². The number of anilines is 1. The molecule has 0 spiro atoms. The molecule has 2 aromatic carbocycles. The number of amides is 3. The predicted molar refractivity (Wildman–Crippen MR) is 108 cm³/mol. The van der Waals surface area contributed by atoms with Crippen molar-refractivity contribution in [3.63, 3.8) is 0 Å². The first-order valence-electron chi connectivity index (χ1n) is 9.24. The summed E-state index contributed by atoms with van der Waals surface area (Å²) < 4.78 is 0. The third-order valence-corrected chi connectivity index (χ3v) is 4.98. The summed E-state index contributed by atoms with van der Waals surface area (Å²) in [5, 5.41) is 17.8. The summed E-state index contributed by atoms with van der Waals surface area (Å²) in [6.07, 6.45) is 1.32. The zero-order valence-electron chi connectivity index (χ0n) is 16.2. The van der Waals surface area contributed by atoms with Gasteiger partial charge in [0.2, 0.25) is 0 Å². The lowest BCUT2D eigenvalue weighted by Gasteiger charge is -2.21. The molecule has 0 unspecified atom stereocenters. The number of phenolic OH excluding ortho intramolecular Hbond substituents is 1. The van der Waals surface area contributed by atoms with Crippen molar-refractivity contribution in [1.82, 2.24) is 10.3 Å². The molecule has 7 nitrogen and oxygen atoms in total. The first-order valence-corrected chi connectivity index (χ1v) is 9.24. The standard InChI is InChI=1S/C21H24N4O3/c1-4-24(5-2)17-12-11-15(18(26)13-17)14-22-25-19(27)21(3,23-20(25)28)16-9-7-6-8-10-16/h6-14,26H,4-5H2,1-3H3,(H,23,28)/b22-14+/t21-/m1/s1. The van der Waals surface area contributed by atoms with Gasteiger partial charge in [0.25, 0.3) is 5.91 Å². The van der Waals surface area contributed by atoms with Gasteiger partial charge in [-0.3, -0.25) is 4.79 Å². The number of carbonyl (C=O) groups is 2. The SMILES string of the molecule is CCN(CC)c1ccc(/C=N/N2C(=O)N[C@](C)(c3ccccc3)C2=O)c(O)c1. The molecule has 3 rings (SSSR count). The van der Waals surface area contributed by atoms with Gasteiger partial charge in [-0.2, -0.15) is 5.10 Å². The van der Waals surface area contributed by atoms with E-state index in [1.54, 1.807) is 43.3 Å². The normalized spacial score (nSPS) is 19.3. The highest BCUT2D eigenvalue weighted by atomic mass is 16.3. The minimum Gasteiger partial charge on any atom is -0.507 e. The molecule has 0 saturated carbocycles. The average molecular weight is 380 g/mol. The molecule has 146 valence electrons. The van der Waals surface area contributed by atoms with Gasteiger partial charge >= 0.3 is 6.03 Å². The summed E-state index contributed by atoms with van der Waals surface area (Å²) in [6.45, 7) is 7.37. The van der Waals surface area contributed by atoms with Crippen LogP contribution in [0.2, 0.25) is 0 Å². The fourth-order valence-electron chi connectivity index (χ4n) is 3.24. The molecule has 0 radical (unpaired) electrons. The third-order valence-electron chi connectivity index (χ3n) is 4.98. The van der Waals surface area contributed by atoms with Crippen LogP contribution in [0.5, 0.6) is 5.75 Å².